The molecule has 5 heteroatoms. The van der Waals surface area contributed by atoms with Crippen LogP contribution >= 0.6 is 11.3 Å². The zero-order valence-electron chi connectivity index (χ0n) is 13.7. The van der Waals surface area contributed by atoms with Crippen LogP contribution in [0.1, 0.15) is 21.8 Å². The minimum atomic E-state index is -0.573. The van der Waals surface area contributed by atoms with E-state index in [9.17, 15) is 9.18 Å². The summed E-state index contributed by atoms with van der Waals surface area (Å²) in [5.74, 6) is 0.563. The first-order chi connectivity index (χ1) is 10.9. The molecule has 23 heavy (non-hydrogen) atoms. The minimum Gasteiger partial charge on any atom is -0.294 e. The summed E-state index contributed by atoms with van der Waals surface area (Å²) in [7, 11) is 0. The molecule has 0 aliphatic heterocycles. The number of aryl methyl sites for hydroxylation is 4. The fourth-order valence-corrected chi connectivity index (χ4v) is 3.97. The molecule has 0 bridgehead atoms. The van der Waals surface area contributed by atoms with Crippen molar-refractivity contribution in [2.75, 3.05) is 6.67 Å². The predicted octanol–water partition coefficient (Wildman–Crippen LogP) is 4.33. The van der Waals surface area contributed by atoms with E-state index in [0.717, 1.165) is 20.8 Å². The normalized spacial score (nSPS) is 11.3. The van der Waals surface area contributed by atoms with Crippen LogP contribution in [0, 0.1) is 27.7 Å². The summed E-state index contributed by atoms with van der Waals surface area (Å²) in [5, 5.41) is 0.606. The summed E-state index contributed by atoms with van der Waals surface area (Å²) >= 11 is 1.52. The number of hydrogen-bond acceptors (Lipinski definition) is 3. The van der Waals surface area contributed by atoms with Gasteiger partial charge in [0.05, 0.1) is 11.9 Å². The Balaban J connectivity index is 2.36. The maximum atomic E-state index is 12.9. The number of benzene rings is 1. The lowest BCUT2D eigenvalue weighted by Gasteiger charge is -2.09. The van der Waals surface area contributed by atoms with Crippen molar-refractivity contribution in [3.05, 3.63) is 50.4 Å². The molecule has 3 aromatic rings. The molecule has 0 amide bonds. The Labute approximate surface area is 138 Å². The van der Waals surface area contributed by atoms with Gasteiger partial charge < -0.3 is 0 Å². The first-order valence-electron chi connectivity index (χ1n) is 7.58. The monoisotopic (exact) mass is 330 g/mol. The molecule has 0 atom stereocenters. The van der Waals surface area contributed by atoms with Gasteiger partial charge in [-0.05, 0) is 44.4 Å². The smallest absolute Gasteiger partial charge is 0.262 e. The standard InChI is InChI=1S/C18H19FN2OS/c1-10-5-6-14(9-11(10)2)15-12(3)23-17-16(15)18(22)21(8-7-19)13(4)20-17/h5-6,9H,7-8H2,1-4H3. The predicted molar refractivity (Wildman–Crippen MR) is 94.2 cm³/mol. The van der Waals surface area contributed by atoms with Crippen molar-refractivity contribution in [2.45, 2.75) is 34.2 Å². The molecule has 0 saturated carbocycles. The number of hydrogen-bond donors (Lipinski definition) is 0. The molecule has 0 spiro atoms. The van der Waals surface area contributed by atoms with Crippen molar-refractivity contribution in [1.82, 2.24) is 9.55 Å². The van der Waals surface area contributed by atoms with Crippen molar-refractivity contribution in [3.8, 4) is 11.1 Å². The second-order valence-electron chi connectivity index (χ2n) is 5.82. The van der Waals surface area contributed by atoms with Crippen molar-refractivity contribution >= 4 is 21.6 Å². The lowest BCUT2D eigenvalue weighted by Crippen LogP contribution is -2.24. The number of nitrogens with zero attached hydrogens (tertiary/aromatic N) is 2. The SMILES string of the molecule is Cc1ccc(-c2c(C)sc3nc(C)n(CCF)c(=O)c23)cc1C. The molecular weight excluding hydrogens is 311 g/mol. The zero-order chi connectivity index (χ0) is 16.7. The van der Waals surface area contributed by atoms with Crippen LogP contribution in [0.3, 0.4) is 0 Å². The van der Waals surface area contributed by atoms with E-state index >= 15 is 0 Å². The van der Waals surface area contributed by atoms with Crippen LogP contribution in [0.25, 0.3) is 21.3 Å². The molecule has 0 aliphatic rings. The Morgan fingerprint density at radius 2 is 1.91 bits per heavy atom. The summed E-state index contributed by atoms with van der Waals surface area (Å²) < 4.78 is 14.2. The van der Waals surface area contributed by atoms with Gasteiger partial charge in [-0.3, -0.25) is 9.36 Å². The zero-order valence-corrected chi connectivity index (χ0v) is 14.6. The maximum Gasteiger partial charge on any atom is 0.262 e. The van der Waals surface area contributed by atoms with Gasteiger partial charge in [-0.15, -0.1) is 11.3 Å². The first kappa shape index (κ1) is 15.9. The van der Waals surface area contributed by atoms with E-state index in [1.54, 1.807) is 6.92 Å². The van der Waals surface area contributed by atoms with Gasteiger partial charge in [-0.2, -0.15) is 0 Å². The maximum absolute atomic E-state index is 12.9. The van der Waals surface area contributed by atoms with Gasteiger partial charge in [-0.25, -0.2) is 9.37 Å². The molecule has 2 aromatic heterocycles. The third kappa shape index (κ3) is 2.59. The van der Waals surface area contributed by atoms with Gasteiger partial charge in [-0.1, -0.05) is 18.2 Å². The van der Waals surface area contributed by atoms with E-state index in [0.29, 0.717) is 11.2 Å². The topological polar surface area (TPSA) is 34.9 Å². The number of halogens is 1. The molecule has 0 fully saturated rings. The van der Waals surface area contributed by atoms with Gasteiger partial charge in [0, 0.05) is 10.4 Å². The summed E-state index contributed by atoms with van der Waals surface area (Å²) in [6, 6.07) is 6.20. The van der Waals surface area contributed by atoms with Gasteiger partial charge in [0.1, 0.15) is 17.3 Å². The van der Waals surface area contributed by atoms with E-state index in [1.165, 1.54) is 27.0 Å². The van der Waals surface area contributed by atoms with Crippen LogP contribution < -0.4 is 5.56 Å². The number of fused-ring (bicyclic) bond motifs is 1. The third-order valence-electron chi connectivity index (χ3n) is 4.28. The van der Waals surface area contributed by atoms with Crippen LogP contribution in [0.5, 0.6) is 0 Å². The van der Waals surface area contributed by atoms with Crippen molar-refractivity contribution in [1.29, 1.82) is 0 Å². The van der Waals surface area contributed by atoms with Gasteiger partial charge in [0.25, 0.3) is 5.56 Å². The second-order valence-corrected chi connectivity index (χ2v) is 7.02. The molecule has 0 saturated heterocycles. The van der Waals surface area contributed by atoms with Crippen molar-refractivity contribution in [2.24, 2.45) is 0 Å². The fourth-order valence-electron chi connectivity index (χ4n) is 2.89. The Hall–Kier alpha value is -2.01. The summed E-state index contributed by atoms with van der Waals surface area (Å²) in [5.41, 5.74) is 4.20. The van der Waals surface area contributed by atoms with Crippen LogP contribution in [-0.4, -0.2) is 16.2 Å². The Morgan fingerprint density at radius 3 is 2.57 bits per heavy atom. The average molecular weight is 330 g/mol. The summed E-state index contributed by atoms with van der Waals surface area (Å²) in [4.78, 5) is 19.2. The minimum absolute atomic E-state index is 0.0505. The Kier molecular flexibility index (Phi) is 4.06. The van der Waals surface area contributed by atoms with E-state index in [4.69, 9.17) is 0 Å². The third-order valence-corrected chi connectivity index (χ3v) is 5.28. The molecule has 0 unspecified atom stereocenters. The Bertz CT molecular complexity index is 956. The largest absolute Gasteiger partial charge is 0.294 e. The van der Waals surface area contributed by atoms with Crippen molar-refractivity contribution in [3.63, 3.8) is 0 Å². The number of rotatable bonds is 3. The summed E-state index contributed by atoms with van der Waals surface area (Å²) in [6.07, 6.45) is 0. The molecule has 1 aromatic carbocycles. The Morgan fingerprint density at radius 1 is 1.17 bits per heavy atom. The van der Waals surface area contributed by atoms with Crippen LogP contribution in [0.2, 0.25) is 0 Å². The van der Waals surface area contributed by atoms with E-state index in [1.807, 2.05) is 13.0 Å². The van der Waals surface area contributed by atoms with E-state index < -0.39 is 6.67 Å². The molecule has 0 aliphatic carbocycles. The molecule has 2 heterocycles. The number of alkyl halides is 1. The molecule has 3 rings (SSSR count). The van der Waals surface area contributed by atoms with E-state index in [-0.39, 0.29) is 12.1 Å². The highest BCUT2D eigenvalue weighted by atomic mass is 32.1. The fraction of sp³-hybridized carbons (Fsp3) is 0.333. The van der Waals surface area contributed by atoms with Crippen molar-refractivity contribution < 1.29 is 4.39 Å². The molecule has 0 radical (unpaired) electrons. The lowest BCUT2D eigenvalue weighted by molar-refractivity contribution is 0.435. The quantitative estimate of drug-likeness (QED) is 0.716. The average Bonchev–Trinajstić information content (AvgIpc) is 2.82. The molecular formula is C18H19FN2OS. The van der Waals surface area contributed by atoms with Crippen LogP contribution in [-0.2, 0) is 6.54 Å². The highest BCUT2D eigenvalue weighted by molar-refractivity contribution is 7.19. The van der Waals surface area contributed by atoms with E-state index in [2.05, 4.69) is 31.0 Å². The van der Waals surface area contributed by atoms with Crippen LogP contribution in [0.15, 0.2) is 23.0 Å². The highest BCUT2D eigenvalue weighted by Gasteiger charge is 2.18. The first-order valence-corrected chi connectivity index (χ1v) is 8.39. The van der Waals surface area contributed by atoms with Gasteiger partial charge >= 0.3 is 0 Å². The lowest BCUT2D eigenvalue weighted by atomic mass is 9.99. The van der Waals surface area contributed by atoms with Gasteiger partial charge in [0.2, 0.25) is 0 Å². The highest BCUT2D eigenvalue weighted by Crippen LogP contribution is 2.36. The molecule has 0 N–H and O–H groups in total. The summed E-state index contributed by atoms with van der Waals surface area (Å²) in [6.45, 7) is 7.36. The number of thiophene rings is 1. The molecule has 120 valence electrons. The molecule has 3 nitrogen and oxygen atoms in total. The second kappa shape index (κ2) is 5.89. The van der Waals surface area contributed by atoms with Gasteiger partial charge in [0.15, 0.2) is 0 Å². The number of aromatic nitrogens is 2. The van der Waals surface area contributed by atoms with Crippen LogP contribution in [0.4, 0.5) is 4.39 Å².